The zero-order chi connectivity index (χ0) is 11.2. The van der Waals surface area contributed by atoms with Crippen LogP contribution in [0, 0.1) is 11.8 Å². The monoisotopic (exact) mass is 252 g/mol. The van der Waals surface area contributed by atoms with Gasteiger partial charge in [-0.15, -0.1) is 11.3 Å². The standard InChI is InChI=1S/C12H16N2S2/c13-5-1-2-11-3-4-12(16-11)10-14-6-8-15-9-7-14/h3-4H,5-10,13H2. The molecular weight excluding hydrogens is 236 g/mol. The maximum atomic E-state index is 5.35. The molecule has 1 aliphatic rings. The fourth-order valence-corrected chi connectivity index (χ4v) is 3.55. The maximum Gasteiger partial charge on any atom is 0.0772 e. The first-order chi connectivity index (χ1) is 7.88. The summed E-state index contributed by atoms with van der Waals surface area (Å²) in [5.41, 5.74) is 5.35. The maximum absolute atomic E-state index is 5.35. The predicted octanol–water partition coefficient (Wildman–Crippen LogP) is 1.61. The first kappa shape index (κ1) is 12.0. The topological polar surface area (TPSA) is 29.3 Å². The molecule has 1 aliphatic heterocycles. The molecule has 2 nitrogen and oxygen atoms in total. The van der Waals surface area contributed by atoms with Crippen molar-refractivity contribution in [3.05, 3.63) is 21.9 Å². The van der Waals surface area contributed by atoms with Gasteiger partial charge in [0.05, 0.1) is 11.4 Å². The van der Waals surface area contributed by atoms with Gasteiger partial charge in [-0.1, -0.05) is 11.8 Å². The van der Waals surface area contributed by atoms with Crippen LogP contribution in [0.25, 0.3) is 0 Å². The Morgan fingerprint density at radius 1 is 1.31 bits per heavy atom. The Morgan fingerprint density at radius 2 is 2.12 bits per heavy atom. The Labute approximate surface area is 105 Å². The highest BCUT2D eigenvalue weighted by Gasteiger charge is 2.11. The van der Waals surface area contributed by atoms with Gasteiger partial charge in [-0.3, -0.25) is 4.90 Å². The third-order valence-corrected chi connectivity index (χ3v) is 4.39. The van der Waals surface area contributed by atoms with Crippen molar-refractivity contribution in [2.24, 2.45) is 5.73 Å². The lowest BCUT2D eigenvalue weighted by molar-refractivity contribution is 0.297. The summed E-state index contributed by atoms with van der Waals surface area (Å²) in [5, 5.41) is 0. The van der Waals surface area contributed by atoms with Crippen molar-refractivity contribution in [2.45, 2.75) is 6.54 Å². The zero-order valence-corrected chi connectivity index (χ0v) is 10.9. The molecule has 2 heterocycles. The average molecular weight is 252 g/mol. The van der Waals surface area contributed by atoms with Crippen molar-refractivity contribution in [1.29, 1.82) is 0 Å². The Balaban J connectivity index is 1.91. The van der Waals surface area contributed by atoms with Crippen LogP contribution in [-0.4, -0.2) is 36.0 Å². The number of nitrogens with zero attached hydrogens (tertiary/aromatic N) is 1. The Kier molecular flexibility index (Phi) is 4.73. The lowest BCUT2D eigenvalue weighted by Crippen LogP contribution is -2.31. The van der Waals surface area contributed by atoms with E-state index in [2.05, 4.69) is 40.6 Å². The van der Waals surface area contributed by atoms with Gasteiger partial charge < -0.3 is 5.73 Å². The van der Waals surface area contributed by atoms with Crippen LogP contribution in [0.3, 0.4) is 0 Å². The molecule has 1 fully saturated rings. The summed E-state index contributed by atoms with van der Waals surface area (Å²) >= 11 is 3.84. The molecule has 0 unspecified atom stereocenters. The second-order valence-electron chi connectivity index (χ2n) is 3.66. The molecule has 86 valence electrons. The van der Waals surface area contributed by atoms with Gasteiger partial charge in [-0.25, -0.2) is 0 Å². The van der Waals surface area contributed by atoms with Crippen molar-refractivity contribution in [3.8, 4) is 11.8 Å². The fraction of sp³-hybridized carbons (Fsp3) is 0.500. The number of nitrogens with two attached hydrogens (primary N) is 1. The van der Waals surface area contributed by atoms with Gasteiger partial charge in [0.2, 0.25) is 0 Å². The predicted molar refractivity (Wildman–Crippen MR) is 72.9 cm³/mol. The molecule has 4 heteroatoms. The first-order valence-corrected chi connectivity index (χ1v) is 7.43. The van der Waals surface area contributed by atoms with Gasteiger partial charge in [0.15, 0.2) is 0 Å². The molecule has 2 rings (SSSR count). The second-order valence-corrected chi connectivity index (χ2v) is 6.05. The zero-order valence-electron chi connectivity index (χ0n) is 9.24. The van der Waals surface area contributed by atoms with Crippen LogP contribution in [0.4, 0.5) is 0 Å². The molecule has 0 spiro atoms. The quantitative estimate of drug-likeness (QED) is 0.811. The second kappa shape index (κ2) is 6.31. The van der Waals surface area contributed by atoms with Gasteiger partial charge in [-0.2, -0.15) is 11.8 Å². The highest BCUT2D eigenvalue weighted by molar-refractivity contribution is 7.99. The number of hydrogen-bond donors (Lipinski definition) is 1. The molecule has 0 bridgehead atoms. The molecule has 0 saturated carbocycles. The minimum atomic E-state index is 0.441. The van der Waals surface area contributed by atoms with E-state index in [0.717, 1.165) is 11.4 Å². The number of thiophene rings is 1. The van der Waals surface area contributed by atoms with E-state index in [0.29, 0.717) is 6.54 Å². The largest absolute Gasteiger partial charge is 0.320 e. The van der Waals surface area contributed by atoms with Crippen molar-refractivity contribution in [1.82, 2.24) is 4.90 Å². The summed E-state index contributed by atoms with van der Waals surface area (Å²) in [7, 11) is 0. The third-order valence-electron chi connectivity index (χ3n) is 2.46. The molecule has 0 aromatic carbocycles. The summed E-state index contributed by atoms with van der Waals surface area (Å²) in [6.07, 6.45) is 0. The average Bonchev–Trinajstić information content (AvgIpc) is 2.75. The lowest BCUT2D eigenvalue weighted by atomic mass is 10.4. The van der Waals surface area contributed by atoms with Crippen LogP contribution in [0.5, 0.6) is 0 Å². The summed E-state index contributed by atoms with van der Waals surface area (Å²) in [6.45, 7) is 3.95. The molecular formula is C12H16N2S2. The van der Waals surface area contributed by atoms with E-state index in [4.69, 9.17) is 5.73 Å². The Morgan fingerprint density at radius 3 is 2.88 bits per heavy atom. The molecule has 1 aromatic heterocycles. The first-order valence-electron chi connectivity index (χ1n) is 5.46. The SMILES string of the molecule is NCC#Cc1ccc(CN2CCSCC2)s1. The molecule has 2 N–H and O–H groups in total. The van der Waals surface area contributed by atoms with Crippen molar-refractivity contribution in [2.75, 3.05) is 31.1 Å². The lowest BCUT2D eigenvalue weighted by Gasteiger charge is -2.25. The minimum Gasteiger partial charge on any atom is -0.320 e. The van der Waals surface area contributed by atoms with Crippen LogP contribution in [0.1, 0.15) is 9.75 Å². The molecule has 1 saturated heterocycles. The molecule has 16 heavy (non-hydrogen) atoms. The van der Waals surface area contributed by atoms with E-state index in [1.807, 2.05) is 0 Å². The van der Waals surface area contributed by atoms with E-state index in [1.165, 1.54) is 29.5 Å². The van der Waals surface area contributed by atoms with E-state index < -0.39 is 0 Å². The fourth-order valence-electron chi connectivity index (χ4n) is 1.65. The molecule has 0 radical (unpaired) electrons. The summed E-state index contributed by atoms with van der Waals surface area (Å²) < 4.78 is 0. The smallest absolute Gasteiger partial charge is 0.0772 e. The number of thioether (sulfide) groups is 1. The van der Waals surface area contributed by atoms with Crippen LogP contribution >= 0.6 is 23.1 Å². The number of hydrogen-bond acceptors (Lipinski definition) is 4. The molecule has 0 atom stereocenters. The van der Waals surface area contributed by atoms with Crippen LogP contribution in [0.15, 0.2) is 12.1 Å². The molecule has 0 amide bonds. The summed E-state index contributed by atoms with van der Waals surface area (Å²) in [5.74, 6) is 8.51. The number of rotatable bonds is 2. The Bertz CT molecular complexity index is 383. The van der Waals surface area contributed by atoms with Gasteiger partial charge >= 0.3 is 0 Å². The van der Waals surface area contributed by atoms with E-state index in [9.17, 15) is 0 Å². The van der Waals surface area contributed by atoms with E-state index >= 15 is 0 Å². The molecule has 0 aliphatic carbocycles. The van der Waals surface area contributed by atoms with Crippen molar-refractivity contribution < 1.29 is 0 Å². The Hall–Kier alpha value is -0.470. The van der Waals surface area contributed by atoms with Gasteiger partial charge in [-0.05, 0) is 12.1 Å². The minimum absolute atomic E-state index is 0.441. The van der Waals surface area contributed by atoms with Crippen LogP contribution in [0.2, 0.25) is 0 Å². The molecule has 1 aromatic rings. The highest BCUT2D eigenvalue weighted by Crippen LogP contribution is 2.19. The van der Waals surface area contributed by atoms with Gasteiger partial charge in [0.25, 0.3) is 0 Å². The van der Waals surface area contributed by atoms with Crippen LogP contribution in [-0.2, 0) is 6.54 Å². The van der Waals surface area contributed by atoms with E-state index in [-0.39, 0.29) is 0 Å². The summed E-state index contributed by atoms with van der Waals surface area (Å²) in [4.78, 5) is 5.06. The normalized spacial score (nSPS) is 16.8. The summed E-state index contributed by atoms with van der Waals surface area (Å²) in [6, 6.07) is 4.29. The van der Waals surface area contributed by atoms with Crippen molar-refractivity contribution >= 4 is 23.1 Å². The van der Waals surface area contributed by atoms with E-state index in [1.54, 1.807) is 11.3 Å². The van der Waals surface area contributed by atoms with Gasteiger partial charge in [0.1, 0.15) is 0 Å². The van der Waals surface area contributed by atoms with Crippen LogP contribution < -0.4 is 5.73 Å². The van der Waals surface area contributed by atoms with Crippen molar-refractivity contribution in [3.63, 3.8) is 0 Å². The third kappa shape index (κ3) is 3.53. The van der Waals surface area contributed by atoms with Gasteiger partial charge in [0, 0.05) is 36.0 Å². The highest BCUT2D eigenvalue weighted by atomic mass is 32.2.